The fourth-order valence-corrected chi connectivity index (χ4v) is 4.32. The standard InChI is InChI=1S/C18H13I2N3O4/c1-2-27-17-13(19)8-11(9-14(17)20)7-12(10-21)18(24)22-15-5-3-4-6-16(15)23(25)26/h3-9H,2H2,1H3,(H,22,24)/b12-7+. The van der Waals surface area contributed by atoms with Crippen molar-refractivity contribution in [3.05, 3.63) is 64.8 Å². The molecule has 0 aliphatic heterocycles. The number of nitrogens with zero attached hydrogens (tertiary/aromatic N) is 2. The number of nitrogens with one attached hydrogen (secondary N) is 1. The Morgan fingerprint density at radius 2 is 1.96 bits per heavy atom. The van der Waals surface area contributed by atoms with Gasteiger partial charge in [-0.2, -0.15) is 5.26 Å². The van der Waals surface area contributed by atoms with Crippen molar-refractivity contribution in [3.8, 4) is 11.8 Å². The number of nitro groups is 1. The van der Waals surface area contributed by atoms with Crippen LogP contribution in [0.15, 0.2) is 42.0 Å². The summed E-state index contributed by atoms with van der Waals surface area (Å²) in [5.41, 5.74) is 0.281. The van der Waals surface area contributed by atoms with Crippen molar-refractivity contribution in [1.29, 1.82) is 5.26 Å². The highest BCUT2D eigenvalue weighted by Gasteiger charge is 2.17. The maximum absolute atomic E-state index is 12.4. The number of rotatable bonds is 6. The zero-order chi connectivity index (χ0) is 20.0. The average molecular weight is 589 g/mol. The predicted molar refractivity (Wildman–Crippen MR) is 118 cm³/mol. The molecule has 2 rings (SSSR count). The van der Waals surface area contributed by atoms with Crippen LogP contribution in [0.5, 0.6) is 5.75 Å². The molecule has 138 valence electrons. The van der Waals surface area contributed by atoms with Gasteiger partial charge in [0.2, 0.25) is 0 Å². The molecule has 0 aromatic heterocycles. The van der Waals surface area contributed by atoms with Crippen LogP contribution in [-0.2, 0) is 4.79 Å². The maximum atomic E-state index is 12.4. The molecule has 9 heteroatoms. The van der Waals surface area contributed by atoms with Crippen molar-refractivity contribution >= 4 is 68.5 Å². The van der Waals surface area contributed by atoms with Gasteiger partial charge in [-0.15, -0.1) is 0 Å². The number of hydrogen-bond acceptors (Lipinski definition) is 5. The van der Waals surface area contributed by atoms with E-state index in [4.69, 9.17) is 4.74 Å². The summed E-state index contributed by atoms with van der Waals surface area (Å²) in [6.07, 6.45) is 1.43. The number of halogens is 2. The molecule has 0 aliphatic carbocycles. The van der Waals surface area contributed by atoms with E-state index >= 15 is 0 Å². The van der Waals surface area contributed by atoms with Crippen molar-refractivity contribution in [2.75, 3.05) is 11.9 Å². The Hall–Kier alpha value is -2.20. The van der Waals surface area contributed by atoms with Crippen LogP contribution in [0.3, 0.4) is 0 Å². The number of carbonyl (C=O) groups is 1. The number of ether oxygens (including phenoxy) is 1. The highest BCUT2D eigenvalue weighted by Crippen LogP contribution is 2.30. The van der Waals surface area contributed by atoms with Gasteiger partial charge in [0.15, 0.2) is 0 Å². The van der Waals surface area contributed by atoms with Crippen molar-refractivity contribution in [1.82, 2.24) is 0 Å². The maximum Gasteiger partial charge on any atom is 0.292 e. The molecule has 27 heavy (non-hydrogen) atoms. The van der Waals surface area contributed by atoms with Crippen molar-refractivity contribution < 1.29 is 14.5 Å². The quantitative estimate of drug-likeness (QED) is 0.172. The minimum absolute atomic E-state index is 0.0319. The molecular weight excluding hydrogens is 576 g/mol. The third-order valence-corrected chi connectivity index (χ3v) is 4.94. The van der Waals surface area contributed by atoms with Crippen LogP contribution in [0.25, 0.3) is 6.08 Å². The molecule has 0 heterocycles. The molecule has 7 nitrogen and oxygen atoms in total. The first kappa shape index (κ1) is 21.1. The second-order valence-electron chi connectivity index (χ2n) is 5.14. The number of amides is 1. The fourth-order valence-electron chi connectivity index (χ4n) is 2.19. The van der Waals surface area contributed by atoms with Crippen LogP contribution in [-0.4, -0.2) is 17.4 Å². The molecule has 2 aromatic carbocycles. The van der Waals surface area contributed by atoms with Gasteiger partial charge >= 0.3 is 0 Å². The minimum Gasteiger partial charge on any atom is -0.492 e. The van der Waals surface area contributed by atoms with Crippen molar-refractivity contribution in [2.24, 2.45) is 0 Å². The van der Waals surface area contributed by atoms with E-state index in [1.165, 1.54) is 24.3 Å². The topological polar surface area (TPSA) is 105 Å². The largest absolute Gasteiger partial charge is 0.492 e. The first-order valence-electron chi connectivity index (χ1n) is 7.65. The monoisotopic (exact) mass is 589 g/mol. The fraction of sp³-hybridized carbons (Fsp3) is 0.111. The minimum atomic E-state index is -0.717. The van der Waals surface area contributed by atoms with Crippen LogP contribution in [0, 0.1) is 28.6 Å². The summed E-state index contributed by atoms with van der Waals surface area (Å²) in [4.78, 5) is 22.9. The average Bonchev–Trinajstić information content (AvgIpc) is 2.63. The van der Waals surface area contributed by atoms with Gasteiger partial charge in [-0.1, -0.05) is 12.1 Å². The van der Waals surface area contributed by atoms with Crippen LogP contribution in [0.1, 0.15) is 12.5 Å². The highest BCUT2D eigenvalue weighted by molar-refractivity contribution is 14.1. The van der Waals surface area contributed by atoms with Gasteiger partial charge in [-0.25, -0.2) is 0 Å². The summed E-state index contributed by atoms with van der Waals surface area (Å²) >= 11 is 4.25. The number of anilines is 1. The van der Waals surface area contributed by atoms with E-state index in [1.807, 2.05) is 13.0 Å². The molecule has 0 saturated heterocycles. The number of para-hydroxylation sites is 2. The molecule has 0 saturated carbocycles. The summed E-state index contributed by atoms with van der Waals surface area (Å²) in [6.45, 7) is 2.42. The molecule has 0 unspecified atom stereocenters. The second-order valence-corrected chi connectivity index (χ2v) is 7.47. The van der Waals surface area contributed by atoms with E-state index in [0.717, 1.165) is 12.9 Å². The summed E-state index contributed by atoms with van der Waals surface area (Å²) in [5.74, 6) is 0.0319. The third kappa shape index (κ3) is 5.39. The molecule has 1 N–H and O–H groups in total. The number of benzene rings is 2. The van der Waals surface area contributed by atoms with E-state index in [9.17, 15) is 20.2 Å². The first-order chi connectivity index (χ1) is 12.9. The van der Waals surface area contributed by atoms with Gasteiger partial charge in [-0.3, -0.25) is 14.9 Å². The Labute approximate surface area is 182 Å². The molecule has 1 amide bonds. The number of nitro benzene ring substituents is 1. The summed E-state index contributed by atoms with van der Waals surface area (Å²) in [7, 11) is 0. The predicted octanol–water partition coefficient (Wildman–Crippen LogP) is 4.75. The van der Waals surface area contributed by atoms with E-state index in [2.05, 4.69) is 50.5 Å². The summed E-state index contributed by atoms with van der Waals surface area (Å²) in [6, 6.07) is 11.2. The van der Waals surface area contributed by atoms with E-state index in [0.29, 0.717) is 12.2 Å². The Balaban J connectivity index is 2.33. The van der Waals surface area contributed by atoms with Gasteiger partial charge in [0.25, 0.3) is 11.6 Å². The lowest BCUT2D eigenvalue weighted by molar-refractivity contribution is -0.383. The lowest BCUT2D eigenvalue weighted by atomic mass is 10.1. The number of carbonyl (C=O) groups excluding carboxylic acids is 1. The zero-order valence-corrected chi connectivity index (χ0v) is 18.3. The van der Waals surface area contributed by atoms with Gasteiger partial charge in [0, 0.05) is 6.07 Å². The Morgan fingerprint density at radius 3 is 2.52 bits per heavy atom. The van der Waals surface area contributed by atoms with Crippen LogP contribution < -0.4 is 10.1 Å². The SMILES string of the molecule is CCOc1c(I)cc(/C=C(\C#N)C(=O)Nc2ccccc2[N+](=O)[O-])cc1I. The molecule has 0 radical (unpaired) electrons. The molecule has 0 aliphatic rings. The second kappa shape index (κ2) is 9.65. The normalized spacial score (nSPS) is 10.8. The number of hydrogen-bond donors (Lipinski definition) is 1. The van der Waals surface area contributed by atoms with Crippen LogP contribution >= 0.6 is 45.2 Å². The van der Waals surface area contributed by atoms with Gasteiger partial charge in [0.1, 0.15) is 23.1 Å². The van der Waals surface area contributed by atoms with Gasteiger partial charge in [0.05, 0.1) is 18.7 Å². The highest BCUT2D eigenvalue weighted by atomic mass is 127. The lowest BCUT2D eigenvalue weighted by Crippen LogP contribution is -2.14. The van der Waals surface area contributed by atoms with Crippen molar-refractivity contribution in [2.45, 2.75) is 6.92 Å². The van der Waals surface area contributed by atoms with E-state index < -0.39 is 10.8 Å². The molecule has 2 aromatic rings. The summed E-state index contributed by atoms with van der Waals surface area (Å²) in [5, 5.41) is 22.8. The van der Waals surface area contributed by atoms with Gasteiger partial charge in [-0.05, 0) is 81.9 Å². The summed E-state index contributed by atoms with van der Waals surface area (Å²) < 4.78 is 7.27. The smallest absolute Gasteiger partial charge is 0.292 e. The Bertz CT molecular complexity index is 944. The Morgan fingerprint density at radius 1 is 1.33 bits per heavy atom. The number of nitriles is 1. The molecular formula is C18H13I2N3O4. The van der Waals surface area contributed by atoms with Crippen LogP contribution in [0.2, 0.25) is 0 Å². The molecule has 0 atom stereocenters. The molecule has 0 bridgehead atoms. The lowest BCUT2D eigenvalue weighted by Gasteiger charge is -2.10. The molecule has 0 fully saturated rings. The third-order valence-electron chi connectivity index (χ3n) is 3.33. The molecule has 0 spiro atoms. The zero-order valence-electron chi connectivity index (χ0n) is 14.0. The van der Waals surface area contributed by atoms with Crippen LogP contribution in [0.4, 0.5) is 11.4 Å². The van der Waals surface area contributed by atoms with Crippen molar-refractivity contribution in [3.63, 3.8) is 0 Å². The van der Waals surface area contributed by atoms with E-state index in [-0.39, 0.29) is 16.9 Å². The van der Waals surface area contributed by atoms with Gasteiger partial charge < -0.3 is 10.1 Å². The Kier molecular flexibility index (Phi) is 7.55. The van der Waals surface area contributed by atoms with E-state index in [1.54, 1.807) is 18.2 Å². The first-order valence-corrected chi connectivity index (χ1v) is 9.81.